The summed E-state index contributed by atoms with van der Waals surface area (Å²) < 4.78 is 26.2. The van der Waals surface area contributed by atoms with Crippen LogP contribution in [0.15, 0.2) is 24.3 Å². The number of halogens is 2. The molecular weight excluding hydrogens is 334 g/mol. The first-order valence-electron chi connectivity index (χ1n) is 7.86. The number of aryl methyl sites for hydroxylation is 1. The van der Waals surface area contributed by atoms with Crippen LogP contribution in [0.5, 0.6) is 0 Å². The lowest BCUT2D eigenvalue weighted by Gasteiger charge is -2.22. The third kappa shape index (κ3) is 2.95. The molecule has 1 unspecified atom stereocenters. The van der Waals surface area contributed by atoms with Crippen molar-refractivity contribution in [2.75, 3.05) is 19.6 Å². The molecule has 9 heteroatoms. The molecule has 25 heavy (non-hydrogen) atoms. The average molecular weight is 352 g/mol. The number of nitrogens with zero attached hydrogens (tertiary/aromatic N) is 1. The van der Waals surface area contributed by atoms with Crippen molar-refractivity contribution in [1.82, 2.24) is 15.5 Å². The molecule has 0 radical (unpaired) electrons. The number of imide groups is 1. The van der Waals surface area contributed by atoms with Gasteiger partial charge in [-0.25, -0.2) is 13.6 Å². The highest BCUT2D eigenvalue weighted by Gasteiger charge is 2.55. The molecule has 1 atom stereocenters. The fraction of sp³-hybridized carbons (Fsp3) is 0.438. The van der Waals surface area contributed by atoms with Crippen molar-refractivity contribution in [2.45, 2.75) is 24.3 Å². The van der Waals surface area contributed by atoms with Gasteiger partial charge in [-0.15, -0.1) is 0 Å². The van der Waals surface area contributed by atoms with E-state index in [1.807, 2.05) is 17.4 Å². The number of carbonyl (C=O) groups is 3. The van der Waals surface area contributed by atoms with Crippen molar-refractivity contribution in [3.8, 4) is 0 Å². The van der Waals surface area contributed by atoms with Crippen molar-refractivity contribution in [3.05, 3.63) is 35.4 Å². The number of fused-ring (bicyclic) bond motifs is 2. The Balaban J connectivity index is 1.72. The van der Waals surface area contributed by atoms with Gasteiger partial charge in [-0.05, 0) is 24.0 Å². The molecule has 1 aromatic carbocycles. The Hall–Kier alpha value is -2.55. The van der Waals surface area contributed by atoms with E-state index in [2.05, 4.69) is 5.32 Å². The monoisotopic (exact) mass is 352 g/mol. The first-order chi connectivity index (χ1) is 11.8. The van der Waals surface area contributed by atoms with E-state index in [1.165, 1.54) is 0 Å². The summed E-state index contributed by atoms with van der Waals surface area (Å²) in [5.41, 5.74) is 5.40. The number of benzene rings is 1. The minimum Gasteiger partial charge on any atom is -0.348 e. The van der Waals surface area contributed by atoms with Gasteiger partial charge >= 0.3 is 6.03 Å². The lowest BCUT2D eigenvalue weighted by Crippen LogP contribution is -2.47. The molecule has 4 N–H and O–H groups in total. The maximum atomic E-state index is 13.1. The molecule has 1 aliphatic carbocycles. The Kier molecular flexibility index (Phi) is 4.19. The predicted molar refractivity (Wildman–Crippen MR) is 83.7 cm³/mol. The largest absolute Gasteiger partial charge is 0.348 e. The standard InChI is InChI=1S/C16H18F2N4O3/c17-15(18,8-19)9-20-12(23)7-22-13(24)16(21-14(22)25)6-5-10-3-1-2-4-11(10)16/h1-4H,5-9,19H2,(H,20,23)(H,21,25). The Bertz CT molecular complexity index is 740. The second-order valence-electron chi connectivity index (χ2n) is 6.22. The van der Waals surface area contributed by atoms with Gasteiger partial charge < -0.3 is 16.4 Å². The molecule has 4 amide bonds. The van der Waals surface area contributed by atoms with Crippen LogP contribution in [-0.4, -0.2) is 48.3 Å². The minimum atomic E-state index is -3.24. The first-order valence-corrected chi connectivity index (χ1v) is 7.86. The molecule has 0 aromatic heterocycles. The van der Waals surface area contributed by atoms with E-state index in [0.29, 0.717) is 18.4 Å². The second kappa shape index (κ2) is 6.07. The van der Waals surface area contributed by atoms with E-state index in [4.69, 9.17) is 5.73 Å². The maximum Gasteiger partial charge on any atom is 0.325 e. The van der Waals surface area contributed by atoms with Crippen LogP contribution in [0.25, 0.3) is 0 Å². The van der Waals surface area contributed by atoms with Crippen LogP contribution < -0.4 is 16.4 Å². The highest BCUT2D eigenvalue weighted by molar-refractivity contribution is 6.09. The fourth-order valence-electron chi connectivity index (χ4n) is 3.23. The molecular formula is C16H18F2N4O3. The number of rotatable bonds is 5. The van der Waals surface area contributed by atoms with E-state index in [1.54, 1.807) is 12.1 Å². The minimum absolute atomic E-state index is 0.403. The van der Waals surface area contributed by atoms with Gasteiger partial charge in [0.25, 0.3) is 11.8 Å². The van der Waals surface area contributed by atoms with Crippen molar-refractivity contribution in [1.29, 1.82) is 0 Å². The van der Waals surface area contributed by atoms with Gasteiger partial charge in [0.05, 0.1) is 13.1 Å². The summed E-state index contributed by atoms with van der Waals surface area (Å²) >= 11 is 0. The molecule has 7 nitrogen and oxygen atoms in total. The third-order valence-corrected chi connectivity index (χ3v) is 4.57. The molecule has 0 bridgehead atoms. The Morgan fingerprint density at radius 2 is 2.08 bits per heavy atom. The summed E-state index contributed by atoms with van der Waals surface area (Å²) in [5.74, 6) is -4.62. The quantitative estimate of drug-likeness (QED) is 0.653. The van der Waals surface area contributed by atoms with Crippen LogP contribution >= 0.6 is 0 Å². The summed E-state index contributed by atoms with van der Waals surface area (Å²) in [4.78, 5) is 37.6. The number of hydrogen-bond acceptors (Lipinski definition) is 4. The van der Waals surface area contributed by atoms with Gasteiger partial charge in [-0.3, -0.25) is 14.5 Å². The van der Waals surface area contributed by atoms with Crippen LogP contribution in [0.3, 0.4) is 0 Å². The number of alkyl halides is 2. The van der Waals surface area contributed by atoms with Gasteiger partial charge in [0, 0.05) is 0 Å². The molecule has 1 aliphatic heterocycles. The second-order valence-corrected chi connectivity index (χ2v) is 6.22. The number of hydrogen-bond donors (Lipinski definition) is 3. The Labute approximate surface area is 142 Å². The Morgan fingerprint density at radius 3 is 2.80 bits per heavy atom. The molecule has 134 valence electrons. The van der Waals surface area contributed by atoms with Crippen LogP contribution in [0, 0.1) is 0 Å². The highest BCUT2D eigenvalue weighted by atomic mass is 19.3. The molecule has 1 saturated heterocycles. The Morgan fingerprint density at radius 1 is 1.36 bits per heavy atom. The zero-order valence-electron chi connectivity index (χ0n) is 13.4. The zero-order chi connectivity index (χ0) is 18.2. The van der Waals surface area contributed by atoms with Crippen molar-refractivity contribution in [2.24, 2.45) is 5.73 Å². The van der Waals surface area contributed by atoms with E-state index in [0.717, 1.165) is 10.5 Å². The molecule has 1 heterocycles. The van der Waals surface area contributed by atoms with Gasteiger partial charge in [0.2, 0.25) is 5.91 Å². The van der Waals surface area contributed by atoms with Crippen molar-refractivity contribution >= 4 is 17.8 Å². The van der Waals surface area contributed by atoms with Gasteiger partial charge in [0.15, 0.2) is 0 Å². The number of urea groups is 1. The highest BCUT2D eigenvalue weighted by Crippen LogP contribution is 2.41. The van der Waals surface area contributed by atoms with Crippen molar-refractivity contribution in [3.63, 3.8) is 0 Å². The molecule has 0 saturated carbocycles. The fourth-order valence-corrected chi connectivity index (χ4v) is 3.23. The zero-order valence-corrected chi connectivity index (χ0v) is 13.4. The topological polar surface area (TPSA) is 105 Å². The van der Waals surface area contributed by atoms with E-state index < -0.39 is 48.9 Å². The van der Waals surface area contributed by atoms with Crippen LogP contribution in [-0.2, 0) is 21.5 Å². The van der Waals surface area contributed by atoms with Gasteiger partial charge in [-0.1, -0.05) is 24.3 Å². The average Bonchev–Trinajstić information content (AvgIpc) is 3.07. The number of nitrogens with one attached hydrogen (secondary N) is 2. The van der Waals surface area contributed by atoms with E-state index in [-0.39, 0.29) is 0 Å². The lowest BCUT2D eigenvalue weighted by atomic mass is 9.92. The summed E-state index contributed by atoms with van der Waals surface area (Å²) in [6, 6.07) is 6.57. The van der Waals surface area contributed by atoms with Crippen LogP contribution in [0.1, 0.15) is 17.5 Å². The van der Waals surface area contributed by atoms with Crippen LogP contribution in [0.2, 0.25) is 0 Å². The number of amides is 4. The van der Waals surface area contributed by atoms with Gasteiger partial charge in [-0.2, -0.15) is 0 Å². The summed E-state index contributed by atoms with van der Waals surface area (Å²) in [6.07, 6.45) is 1.03. The molecule has 1 spiro atoms. The summed E-state index contributed by atoms with van der Waals surface area (Å²) in [5, 5.41) is 4.66. The lowest BCUT2D eigenvalue weighted by molar-refractivity contribution is -0.135. The van der Waals surface area contributed by atoms with E-state index in [9.17, 15) is 23.2 Å². The number of nitrogens with two attached hydrogens (primary N) is 1. The van der Waals surface area contributed by atoms with E-state index >= 15 is 0 Å². The third-order valence-electron chi connectivity index (χ3n) is 4.57. The SMILES string of the molecule is NCC(F)(F)CNC(=O)CN1C(=O)NC2(CCc3ccccc32)C1=O. The summed E-state index contributed by atoms with van der Waals surface area (Å²) in [7, 11) is 0. The van der Waals surface area contributed by atoms with Crippen molar-refractivity contribution < 1.29 is 23.2 Å². The molecule has 2 aliphatic rings. The maximum absolute atomic E-state index is 13.1. The van der Waals surface area contributed by atoms with Crippen LogP contribution in [0.4, 0.5) is 13.6 Å². The normalized spacial score (nSPS) is 22.3. The first kappa shape index (κ1) is 17.3. The van der Waals surface area contributed by atoms with Gasteiger partial charge in [0.1, 0.15) is 12.1 Å². The molecule has 1 aromatic rings. The predicted octanol–water partition coefficient (Wildman–Crippen LogP) is 0.0901. The molecule has 1 fully saturated rings. The summed E-state index contributed by atoms with van der Waals surface area (Å²) in [6.45, 7) is -2.47. The molecule has 3 rings (SSSR count). The smallest absolute Gasteiger partial charge is 0.325 e. The number of carbonyl (C=O) groups excluding carboxylic acids is 3.